The second-order valence-electron chi connectivity index (χ2n) is 10.1. The Kier molecular flexibility index (Phi) is 8.51. The maximum absolute atomic E-state index is 14.1. The topological polar surface area (TPSA) is 108 Å². The zero-order valence-electron chi connectivity index (χ0n) is 22.8. The summed E-state index contributed by atoms with van der Waals surface area (Å²) in [7, 11) is 3.07. The lowest BCUT2D eigenvalue weighted by Crippen LogP contribution is -2.52. The van der Waals surface area contributed by atoms with Gasteiger partial charge < -0.3 is 24.4 Å². The first kappa shape index (κ1) is 27.4. The van der Waals surface area contributed by atoms with Crippen LogP contribution in [0.3, 0.4) is 0 Å². The van der Waals surface area contributed by atoms with E-state index >= 15 is 0 Å². The normalized spacial score (nSPS) is 16.3. The highest BCUT2D eigenvalue weighted by molar-refractivity contribution is 5.90. The fraction of sp³-hybridized carbons (Fsp3) is 0.500. The van der Waals surface area contributed by atoms with Gasteiger partial charge in [-0.1, -0.05) is 36.4 Å². The summed E-state index contributed by atoms with van der Waals surface area (Å²) in [5, 5.41) is 11.5. The molecule has 0 aliphatic carbocycles. The molecule has 3 aromatic rings. The molecular weight excluding hydrogens is 486 g/mol. The van der Waals surface area contributed by atoms with E-state index in [4.69, 9.17) is 14.2 Å². The molecule has 1 aromatic heterocycles. The highest BCUT2D eigenvalue weighted by atomic mass is 16.5. The van der Waals surface area contributed by atoms with E-state index in [0.717, 1.165) is 18.4 Å². The SMILES string of the molecule is CCC(C)(C)NC(=O)C(c1cccc(OC)c1OC)N(CC1CCCO1)C(=O)Cn1nnc2ccccc21. The van der Waals surface area contributed by atoms with Crippen LogP contribution in [0.15, 0.2) is 42.5 Å². The minimum Gasteiger partial charge on any atom is -0.493 e. The van der Waals surface area contributed by atoms with E-state index < -0.39 is 11.6 Å². The fourth-order valence-electron chi connectivity index (χ4n) is 4.68. The van der Waals surface area contributed by atoms with Crippen molar-refractivity contribution in [3.63, 3.8) is 0 Å². The predicted molar refractivity (Wildman–Crippen MR) is 143 cm³/mol. The fourth-order valence-corrected chi connectivity index (χ4v) is 4.68. The van der Waals surface area contributed by atoms with E-state index in [2.05, 4.69) is 15.6 Å². The summed E-state index contributed by atoms with van der Waals surface area (Å²) in [6, 6.07) is 11.8. The van der Waals surface area contributed by atoms with Crippen molar-refractivity contribution in [1.82, 2.24) is 25.2 Å². The van der Waals surface area contributed by atoms with Crippen LogP contribution in [0.1, 0.15) is 51.6 Å². The molecule has 0 saturated carbocycles. The van der Waals surface area contributed by atoms with E-state index in [-0.39, 0.29) is 31.0 Å². The van der Waals surface area contributed by atoms with Crippen LogP contribution in [0.2, 0.25) is 0 Å². The molecule has 1 fully saturated rings. The third-order valence-electron chi connectivity index (χ3n) is 7.08. The summed E-state index contributed by atoms with van der Waals surface area (Å²) in [6.45, 7) is 6.71. The molecule has 1 aliphatic heterocycles. The summed E-state index contributed by atoms with van der Waals surface area (Å²) in [4.78, 5) is 29.7. The van der Waals surface area contributed by atoms with E-state index in [9.17, 15) is 9.59 Å². The summed E-state index contributed by atoms with van der Waals surface area (Å²) in [6.07, 6.45) is 2.24. The summed E-state index contributed by atoms with van der Waals surface area (Å²) in [5.74, 6) is 0.291. The van der Waals surface area contributed by atoms with E-state index in [1.165, 1.54) is 7.11 Å². The molecule has 2 unspecified atom stereocenters. The molecular formula is C28H37N5O5. The van der Waals surface area contributed by atoms with E-state index in [0.29, 0.717) is 35.6 Å². The molecule has 0 bridgehead atoms. The zero-order valence-corrected chi connectivity index (χ0v) is 22.8. The van der Waals surface area contributed by atoms with Gasteiger partial charge in [0.25, 0.3) is 0 Å². The van der Waals surface area contributed by atoms with Gasteiger partial charge in [-0.25, -0.2) is 4.68 Å². The van der Waals surface area contributed by atoms with Gasteiger partial charge in [-0.05, 0) is 51.3 Å². The second kappa shape index (κ2) is 11.8. The van der Waals surface area contributed by atoms with Crippen LogP contribution in [0, 0.1) is 0 Å². The summed E-state index contributed by atoms with van der Waals surface area (Å²) in [5.41, 5.74) is 1.48. The minimum atomic E-state index is -0.989. The Morgan fingerprint density at radius 3 is 2.66 bits per heavy atom. The van der Waals surface area contributed by atoms with Crippen LogP contribution in [0.4, 0.5) is 0 Å². The van der Waals surface area contributed by atoms with Gasteiger partial charge in [0, 0.05) is 24.3 Å². The number of ether oxygens (including phenoxy) is 3. The lowest BCUT2D eigenvalue weighted by Gasteiger charge is -2.36. The number of aromatic nitrogens is 3. The molecule has 1 saturated heterocycles. The maximum Gasteiger partial charge on any atom is 0.248 e. The lowest BCUT2D eigenvalue weighted by molar-refractivity contribution is -0.144. The van der Waals surface area contributed by atoms with Gasteiger partial charge in [0.2, 0.25) is 11.8 Å². The minimum absolute atomic E-state index is 0.0829. The number of rotatable bonds is 11. The van der Waals surface area contributed by atoms with Gasteiger partial charge in [0.1, 0.15) is 18.1 Å². The Morgan fingerprint density at radius 2 is 1.97 bits per heavy atom. The monoisotopic (exact) mass is 523 g/mol. The molecule has 204 valence electrons. The molecule has 2 aromatic carbocycles. The van der Waals surface area contributed by atoms with Crippen molar-refractivity contribution in [2.24, 2.45) is 0 Å². The smallest absolute Gasteiger partial charge is 0.248 e. The number of methoxy groups -OCH3 is 2. The number of hydrogen-bond donors (Lipinski definition) is 1. The van der Waals surface area contributed by atoms with Crippen LogP contribution < -0.4 is 14.8 Å². The van der Waals surface area contributed by atoms with Gasteiger partial charge in [0.15, 0.2) is 11.5 Å². The van der Waals surface area contributed by atoms with Crippen LogP contribution in [0.25, 0.3) is 11.0 Å². The first-order chi connectivity index (χ1) is 18.3. The molecule has 1 N–H and O–H groups in total. The molecule has 10 nitrogen and oxygen atoms in total. The van der Waals surface area contributed by atoms with E-state index in [1.54, 1.807) is 34.9 Å². The molecule has 4 rings (SSSR count). The molecule has 0 spiro atoms. The first-order valence-electron chi connectivity index (χ1n) is 13.0. The number of para-hydroxylation sites is 2. The van der Waals surface area contributed by atoms with Crippen LogP contribution in [-0.2, 0) is 20.9 Å². The number of nitrogens with one attached hydrogen (secondary N) is 1. The Labute approximate surface area is 223 Å². The molecule has 38 heavy (non-hydrogen) atoms. The van der Waals surface area contributed by atoms with Gasteiger partial charge in [-0.2, -0.15) is 0 Å². The maximum atomic E-state index is 14.1. The molecule has 2 atom stereocenters. The Bertz CT molecular complexity index is 1270. The van der Waals surface area contributed by atoms with Crippen molar-refractivity contribution >= 4 is 22.8 Å². The van der Waals surface area contributed by atoms with Crippen molar-refractivity contribution in [3.05, 3.63) is 48.0 Å². The second-order valence-corrected chi connectivity index (χ2v) is 10.1. The number of fused-ring (bicyclic) bond motifs is 1. The van der Waals surface area contributed by atoms with Crippen LogP contribution in [0.5, 0.6) is 11.5 Å². The molecule has 1 aliphatic rings. The highest BCUT2D eigenvalue weighted by Gasteiger charge is 2.38. The number of benzene rings is 2. The molecule has 0 radical (unpaired) electrons. The van der Waals surface area contributed by atoms with Crippen molar-refractivity contribution in [2.45, 2.75) is 64.3 Å². The largest absolute Gasteiger partial charge is 0.493 e. The van der Waals surface area contributed by atoms with Crippen molar-refractivity contribution in [2.75, 3.05) is 27.4 Å². The standard InChI is InChI=1S/C28H37N5O5/c1-6-28(2,3)29-27(35)25(20-12-9-15-23(36-4)26(20)37-5)32(17-19-11-10-16-38-19)24(34)18-33-22-14-8-7-13-21(22)30-31-33/h7-9,12-15,19,25H,6,10-11,16-18H2,1-5H3,(H,29,35). The summed E-state index contributed by atoms with van der Waals surface area (Å²) < 4.78 is 18.7. The van der Waals surface area contributed by atoms with E-state index in [1.807, 2.05) is 45.0 Å². The Morgan fingerprint density at radius 1 is 1.18 bits per heavy atom. The third-order valence-corrected chi connectivity index (χ3v) is 7.08. The van der Waals surface area contributed by atoms with Gasteiger partial charge in [0.05, 0.1) is 25.8 Å². The Balaban J connectivity index is 1.79. The van der Waals surface area contributed by atoms with Crippen LogP contribution >= 0.6 is 0 Å². The molecule has 2 heterocycles. The number of hydrogen-bond acceptors (Lipinski definition) is 7. The van der Waals surface area contributed by atoms with Crippen LogP contribution in [-0.4, -0.2) is 70.7 Å². The number of carbonyl (C=O) groups is 2. The first-order valence-corrected chi connectivity index (χ1v) is 13.0. The number of nitrogens with zero attached hydrogens (tertiary/aromatic N) is 4. The highest BCUT2D eigenvalue weighted by Crippen LogP contribution is 2.38. The molecule has 2 amide bonds. The van der Waals surface area contributed by atoms with Gasteiger partial charge in [-0.3, -0.25) is 9.59 Å². The number of amides is 2. The predicted octanol–water partition coefficient (Wildman–Crippen LogP) is 3.50. The quantitative estimate of drug-likeness (QED) is 0.410. The Hall–Kier alpha value is -3.66. The lowest BCUT2D eigenvalue weighted by atomic mass is 9.97. The third kappa shape index (κ3) is 5.91. The average Bonchev–Trinajstić information content (AvgIpc) is 3.58. The average molecular weight is 524 g/mol. The molecule has 10 heteroatoms. The number of carbonyl (C=O) groups excluding carboxylic acids is 2. The van der Waals surface area contributed by atoms with Crippen molar-refractivity contribution in [3.8, 4) is 11.5 Å². The van der Waals surface area contributed by atoms with Crippen molar-refractivity contribution < 1.29 is 23.8 Å². The van der Waals surface area contributed by atoms with Gasteiger partial charge in [-0.15, -0.1) is 5.10 Å². The summed E-state index contributed by atoms with van der Waals surface area (Å²) >= 11 is 0. The zero-order chi connectivity index (χ0) is 27.3. The van der Waals surface area contributed by atoms with Gasteiger partial charge >= 0.3 is 0 Å². The van der Waals surface area contributed by atoms with Crippen molar-refractivity contribution in [1.29, 1.82) is 0 Å².